The molecule has 1 aromatic heterocycles. The van der Waals surface area contributed by atoms with Gasteiger partial charge >= 0.3 is 5.97 Å². The molecule has 0 bridgehead atoms. The van der Waals surface area contributed by atoms with Crippen molar-refractivity contribution in [3.8, 4) is 39.9 Å². The zero-order chi connectivity index (χ0) is 23.6. The fraction of sp³-hybridized carbons (Fsp3) is 0.0833. The third-order valence-electron chi connectivity index (χ3n) is 4.87. The van der Waals surface area contributed by atoms with E-state index in [1.54, 1.807) is 24.3 Å². The van der Waals surface area contributed by atoms with Crippen molar-refractivity contribution < 1.29 is 23.1 Å². The molecule has 1 N–H and O–H groups in total. The van der Waals surface area contributed by atoms with Gasteiger partial charge in [-0.15, -0.1) is 0 Å². The molecule has 0 saturated carbocycles. The van der Waals surface area contributed by atoms with Gasteiger partial charge < -0.3 is 9.84 Å². The molecule has 0 aliphatic rings. The SMILES string of the molecule is COC(=O)c1ccc(-c2nc(-c3ccccc3)nc(-c3cc(S(C)(=O)=O)ccc3O)n2)cc1. The average Bonchev–Trinajstić information content (AvgIpc) is 2.83. The van der Waals surface area contributed by atoms with Gasteiger partial charge in [-0.3, -0.25) is 0 Å². The number of phenols is 1. The second-order valence-electron chi connectivity index (χ2n) is 7.19. The van der Waals surface area contributed by atoms with Crippen LogP contribution in [0.4, 0.5) is 0 Å². The number of methoxy groups -OCH3 is 1. The first kappa shape index (κ1) is 22.1. The van der Waals surface area contributed by atoms with E-state index in [1.165, 1.54) is 25.3 Å². The molecule has 0 atom stereocenters. The second kappa shape index (κ2) is 8.79. The summed E-state index contributed by atoms with van der Waals surface area (Å²) in [6.07, 6.45) is 1.08. The van der Waals surface area contributed by atoms with Crippen molar-refractivity contribution in [1.82, 2.24) is 15.0 Å². The Morgan fingerprint density at radius 1 is 0.818 bits per heavy atom. The van der Waals surface area contributed by atoms with Crippen molar-refractivity contribution in [2.45, 2.75) is 4.90 Å². The predicted octanol–water partition coefficient (Wildman–Crippen LogP) is 3.77. The quantitative estimate of drug-likeness (QED) is 0.446. The smallest absolute Gasteiger partial charge is 0.337 e. The number of esters is 1. The van der Waals surface area contributed by atoms with E-state index >= 15 is 0 Å². The number of hydrogen-bond acceptors (Lipinski definition) is 8. The van der Waals surface area contributed by atoms with Crippen molar-refractivity contribution in [2.24, 2.45) is 0 Å². The highest BCUT2D eigenvalue weighted by Gasteiger charge is 2.18. The van der Waals surface area contributed by atoms with Crippen molar-refractivity contribution in [2.75, 3.05) is 13.4 Å². The van der Waals surface area contributed by atoms with Crippen LogP contribution in [0.15, 0.2) is 77.7 Å². The van der Waals surface area contributed by atoms with Crippen molar-refractivity contribution in [3.63, 3.8) is 0 Å². The maximum absolute atomic E-state index is 12.0. The summed E-state index contributed by atoms with van der Waals surface area (Å²) in [5, 5.41) is 10.5. The fourth-order valence-corrected chi connectivity index (χ4v) is 3.79. The standard InChI is InChI=1S/C24H19N3O5S/c1-32-24(29)17-10-8-16(9-11-17)22-25-21(15-6-4-3-5-7-15)26-23(27-22)19-14-18(33(2,30)31)12-13-20(19)28/h3-14,28H,1-2H3. The maximum atomic E-state index is 12.0. The molecular weight excluding hydrogens is 442 g/mol. The van der Waals surface area contributed by atoms with Crippen LogP contribution in [0, 0.1) is 0 Å². The number of benzene rings is 3. The molecular formula is C24H19N3O5S. The first-order chi connectivity index (χ1) is 15.8. The normalized spacial score (nSPS) is 11.2. The number of nitrogens with zero attached hydrogens (tertiary/aromatic N) is 3. The van der Waals surface area contributed by atoms with E-state index in [-0.39, 0.29) is 22.0 Å². The summed E-state index contributed by atoms with van der Waals surface area (Å²) in [6.45, 7) is 0. The number of aromatic hydroxyl groups is 1. The van der Waals surface area contributed by atoms with Crippen LogP contribution in [-0.4, -0.2) is 47.8 Å². The zero-order valence-corrected chi connectivity index (χ0v) is 18.6. The summed E-state index contributed by atoms with van der Waals surface area (Å²) < 4.78 is 28.8. The molecule has 1 heterocycles. The predicted molar refractivity (Wildman–Crippen MR) is 122 cm³/mol. The van der Waals surface area contributed by atoms with Crippen LogP contribution in [0.1, 0.15) is 10.4 Å². The minimum Gasteiger partial charge on any atom is -0.507 e. The summed E-state index contributed by atoms with van der Waals surface area (Å²) in [6, 6.07) is 19.7. The first-order valence-electron chi connectivity index (χ1n) is 9.80. The molecule has 0 radical (unpaired) electrons. The van der Waals surface area contributed by atoms with Crippen LogP contribution in [0.2, 0.25) is 0 Å². The van der Waals surface area contributed by atoms with Crippen molar-refractivity contribution >= 4 is 15.8 Å². The lowest BCUT2D eigenvalue weighted by molar-refractivity contribution is 0.0600. The zero-order valence-electron chi connectivity index (χ0n) is 17.8. The van der Waals surface area contributed by atoms with E-state index in [0.29, 0.717) is 28.3 Å². The molecule has 0 spiro atoms. The molecule has 0 aliphatic carbocycles. The molecule has 0 amide bonds. The highest BCUT2D eigenvalue weighted by Crippen LogP contribution is 2.32. The number of phenolic OH excluding ortho intramolecular Hbond substituents is 1. The van der Waals surface area contributed by atoms with Gasteiger partial charge in [0.05, 0.1) is 23.1 Å². The Hall–Kier alpha value is -4.11. The van der Waals surface area contributed by atoms with Gasteiger partial charge in [-0.2, -0.15) is 0 Å². The van der Waals surface area contributed by atoms with Crippen LogP contribution in [0.25, 0.3) is 34.2 Å². The molecule has 166 valence electrons. The molecule has 4 aromatic rings. The van der Waals surface area contributed by atoms with E-state index in [1.807, 2.05) is 30.3 Å². The topological polar surface area (TPSA) is 119 Å². The lowest BCUT2D eigenvalue weighted by Crippen LogP contribution is -2.03. The van der Waals surface area contributed by atoms with Gasteiger partial charge in [0.15, 0.2) is 27.3 Å². The number of hydrogen-bond donors (Lipinski definition) is 1. The number of aromatic nitrogens is 3. The van der Waals surface area contributed by atoms with Gasteiger partial charge in [0, 0.05) is 17.4 Å². The van der Waals surface area contributed by atoms with E-state index < -0.39 is 15.8 Å². The van der Waals surface area contributed by atoms with Crippen LogP contribution in [0.3, 0.4) is 0 Å². The average molecular weight is 461 g/mol. The van der Waals surface area contributed by atoms with Gasteiger partial charge in [0.1, 0.15) is 5.75 Å². The van der Waals surface area contributed by atoms with Gasteiger partial charge in [-0.05, 0) is 30.3 Å². The highest BCUT2D eigenvalue weighted by molar-refractivity contribution is 7.90. The number of carbonyl (C=O) groups excluding carboxylic acids is 1. The molecule has 0 saturated heterocycles. The van der Waals surface area contributed by atoms with Gasteiger partial charge in [0.2, 0.25) is 0 Å². The third-order valence-corrected chi connectivity index (χ3v) is 5.98. The number of carbonyl (C=O) groups is 1. The summed E-state index contributed by atoms with van der Waals surface area (Å²) in [4.78, 5) is 25.3. The molecule has 9 heteroatoms. The van der Waals surface area contributed by atoms with Crippen LogP contribution < -0.4 is 0 Å². The van der Waals surface area contributed by atoms with Crippen molar-refractivity contribution in [1.29, 1.82) is 0 Å². The molecule has 0 fully saturated rings. The van der Waals surface area contributed by atoms with E-state index in [9.17, 15) is 18.3 Å². The van der Waals surface area contributed by atoms with E-state index in [4.69, 9.17) is 4.74 Å². The molecule has 8 nitrogen and oxygen atoms in total. The molecule has 0 unspecified atom stereocenters. The monoisotopic (exact) mass is 461 g/mol. The Morgan fingerprint density at radius 2 is 1.39 bits per heavy atom. The second-order valence-corrected chi connectivity index (χ2v) is 9.21. The van der Waals surface area contributed by atoms with Gasteiger partial charge in [-0.1, -0.05) is 42.5 Å². The van der Waals surface area contributed by atoms with Crippen molar-refractivity contribution in [3.05, 3.63) is 78.4 Å². The largest absolute Gasteiger partial charge is 0.507 e. The third kappa shape index (κ3) is 4.73. The molecule has 33 heavy (non-hydrogen) atoms. The Labute approximate surface area is 190 Å². The summed E-state index contributed by atoms with van der Waals surface area (Å²) in [7, 11) is -2.21. The number of sulfone groups is 1. The minimum atomic E-state index is -3.52. The fourth-order valence-electron chi connectivity index (χ4n) is 3.14. The van der Waals surface area contributed by atoms with Gasteiger partial charge in [-0.25, -0.2) is 28.2 Å². The number of ether oxygens (including phenoxy) is 1. The summed E-state index contributed by atoms with van der Waals surface area (Å²) in [5.41, 5.74) is 1.84. The molecule has 4 rings (SSSR count). The lowest BCUT2D eigenvalue weighted by atomic mass is 10.1. The molecule has 0 aliphatic heterocycles. The Balaban J connectivity index is 1.91. The maximum Gasteiger partial charge on any atom is 0.337 e. The summed E-state index contributed by atoms with van der Waals surface area (Å²) >= 11 is 0. The Bertz CT molecular complexity index is 1440. The highest BCUT2D eigenvalue weighted by atomic mass is 32.2. The van der Waals surface area contributed by atoms with Crippen LogP contribution in [-0.2, 0) is 14.6 Å². The Morgan fingerprint density at radius 3 is 1.97 bits per heavy atom. The van der Waals surface area contributed by atoms with E-state index in [0.717, 1.165) is 6.26 Å². The lowest BCUT2D eigenvalue weighted by Gasteiger charge is -2.10. The molecule has 3 aromatic carbocycles. The summed E-state index contributed by atoms with van der Waals surface area (Å²) in [5.74, 6) is 0.111. The first-order valence-corrected chi connectivity index (χ1v) is 11.7. The minimum absolute atomic E-state index is 0.0287. The van der Waals surface area contributed by atoms with Crippen LogP contribution in [0.5, 0.6) is 5.75 Å². The van der Waals surface area contributed by atoms with E-state index in [2.05, 4.69) is 15.0 Å². The van der Waals surface area contributed by atoms with Crippen LogP contribution >= 0.6 is 0 Å². The van der Waals surface area contributed by atoms with Gasteiger partial charge in [0.25, 0.3) is 0 Å². The number of rotatable bonds is 5. The Kier molecular flexibility index (Phi) is 5.89.